The lowest BCUT2D eigenvalue weighted by Crippen LogP contribution is -2.22. The fourth-order valence-corrected chi connectivity index (χ4v) is 3.81. The second-order valence-electron chi connectivity index (χ2n) is 7.67. The number of anilines is 1. The SMILES string of the molecule is Clc1nc(NC2CCCCCCCCC2)nc(C2=C/C=C\C=C/C=C\C=C/C=C\2)n1. The van der Waals surface area contributed by atoms with Gasteiger partial charge in [0.1, 0.15) is 0 Å². The Kier molecular flexibility index (Phi) is 9.61. The van der Waals surface area contributed by atoms with Crippen LogP contribution < -0.4 is 5.32 Å². The highest BCUT2D eigenvalue weighted by Crippen LogP contribution is 2.21. The Hall–Kier alpha value is -2.46. The molecule has 0 radical (unpaired) electrons. The highest BCUT2D eigenvalue weighted by molar-refractivity contribution is 6.28. The lowest BCUT2D eigenvalue weighted by atomic mass is 9.97. The second-order valence-corrected chi connectivity index (χ2v) is 8.00. The van der Waals surface area contributed by atoms with Crippen LogP contribution in [-0.2, 0) is 0 Å². The fraction of sp³-hybridized carbons (Fsp3) is 0.400. The zero-order valence-corrected chi connectivity index (χ0v) is 18.3. The molecule has 0 amide bonds. The maximum absolute atomic E-state index is 6.27. The monoisotopic (exact) mass is 422 g/mol. The predicted octanol–water partition coefficient (Wildman–Crippen LogP) is 7.01. The molecule has 0 atom stereocenters. The standard InChI is InChI=1S/C25H31ClN4/c26-24-28-23(21-17-13-9-5-2-1-3-6-10-14-18-21)29-25(30-24)27-22-19-15-11-7-4-8-12-16-20-22/h1-3,5-6,9-10,13-14,17-18,22H,4,7-8,11-12,15-16,19-20H2,(H,27,28,29,30)/b2-1-,3-1?,5-2?,6-3-,9-5-,10-6?,13-9?,14-10-,17-13-,18-14?,21-17?,21-18+. The molecule has 0 aromatic carbocycles. The zero-order valence-electron chi connectivity index (χ0n) is 17.5. The summed E-state index contributed by atoms with van der Waals surface area (Å²) >= 11 is 6.27. The summed E-state index contributed by atoms with van der Waals surface area (Å²) in [6.07, 6.45) is 33.3. The topological polar surface area (TPSA) is 50.7 Å². The molecule has 158 valence electrons. The van der Waals surface area contributed by atoms with Crippen molar-refractivity contribution in [2.45, 2.75) is 63.8 Å². The van der Waals surface area contributed by atoms with Gasteiger partial charge in [-0.1, -0.05) is 112 Å². The molecule has 1 N–H and O–H groups in total. The molecule has 1 heterocycles. The van der Waals surface area contributed by atoms with E-state index in [9.17, 15) is 0 Å². The Labute approximate surface area is 185 Å². The summed E-state index contributed by atoms with van der Waals surface area (Å²) in [5, 5.41) is 3.75. The predicted molar refractivity (Wildman–Crippen MR) is 127 cm³/mol. The molecule has 0 saturated heterocycles. The van der Waals surface area contributed by atoms with Crippen molar-refractivity contribution in [2.24, 2.45) is 0 Å². The quantitative estimate of drug-likeness (QED) is 0.569. The van der Waals surface area contributed by atoms with Crippen LogP contribution in [0.15, 0.2) is 66.8 Å². The van der Waals surface area contributed by atoms with Crippen LogP contribution in [0.2, 0.25) is 5.28 Å². The molecular formula is C25H31ClN4. The van der Waals surface area contributed by atoms with E-state index >= 15 is 0 Å². The van der Waals surface area contributed by atoms with Gasteiger partial charge in [0.15, 0.2) is 5.82 Å². The van der Waals surface area contributed by atoms with Crippen molar-refractivity contribution in [3.8, 4) is 0 Å². The lowest BCUT2D eigenvalue weighted by Gasteiger charge is -2.20. The van der Waals surface area contributed by atoms with E-state index in [1.54, 1.807) is 0 Å². The van der Waals surface area contributed by atoms with E-state index < -0.39 is 0 Å². The highest BCUT2D eigenvalue weighted by Gasteiger charge is 2.14. The molecule has 1 saturated carbocycles. The van der Waals surface area contributed by atoms with Crippen LogP contribution in [0.5, 0.6) is 0 Å². The molecule has 0 aliphatic heterocycles. The average Bonchev–Trinajstić information content (AvgIpc) is 2.73. The molecule has 0 unspecified atom stereocenters. The van der Waals surface area contributed by atoms with Crippen LogP contribution in [0.4, 0.5) is 5.95 Å². The summed E-state index contributed by atoms with van der Waals surface area (Å²) < 4.78 is 0. The molecule has 4 nitrogen and oxygen atoms in total. The molecule has 2 aliphatic carbocycles. The van der Waals surface area contributed by atoms with Gasteiger partial charge < -0.3 is 5.32 Å². The first kappa shape index (κ1) is 22.2. The van der Waals surface area contributed by atoms with Gasteiger partial charge in [-0.15, -0.1) is 0 Å². The number of nitrogens with one attached hydrogen (secondary N) is 1. The normalized spacial score (nSPS) is 26.1. The third-order valence-corrected chi connectivity index (χ3v) is 5.41. The van der Waals surface area contributed by atoms with Crippen LogP contribution in [0.3, 0.4) is 0 Å². The van der Waals surface area contributed by atoms with E-state index in [2.05, 4.69) is 20.3 Å². The van der Waals surface area contributed by atoms with E-state index in [4.69, 9.17) is 11.6 Å². The summed E-state index contributed by atoms with van der Waals surface area (Å²) in [4.78, 5) is 13.4. The lowest BCUT2D eigenvalue weighted by molar-refractivity contribution is 0.475. The smallest absolute Gasteiger partial charge is 0.227 e. The maximum Gasteiger partial charge on any atom is 0.227 e. The van der Waals surface area contributed by atoms with Gasteiger partial charge in [0.2, 0.25) is 11.2 Å². The summed E-state index contributed by atoms with van der Waals surface area (Å²) in [5.41, 5.74) is 0.882. The van der Waals surface area contributed by atoms with Crippen molar-refractivity contribution in [1.82, 2.24) is 15.0 Å². The van der Waals surface area contributed by atoms with E-state index in [1.807, 2.05) is 66.8 Å². The Balaban J connectivity index is 1.78. The number of hydrogen-bond donors (Lipinski definition) is 1. The first-order valence-electron chi connectivity index (χ1n) is 11.0. The van der Waals surface area contributed by atoms with E-state index in [0.717, 1.165) is 18.4 Å². The average molecular weight is 423 g/mol. The number of allylic oxidation sites excluding steroid dienone is 12. The summed E-state index contributed by atoms with van der Waals surface area (Å²) in [6, 6.07) is 0.384. The molecule has 0 spiro atoms. The van der Waals surface area contributed by atoms with Gasteiger partial charge in [0.05, 0.1) is 0 Å². The van der Waals surface area contributed by atoms with Crippen LogP contribution in [0.25, 0.3) is 5.57 Å². The Bertz CT molecular complexity index is 839. The molecule has 5 heteroatoms. The van der Waals surface area contributed by atoms with Crippen molar-refractivity contribution < 1.29 is 0 Å². The molecular weight excluding hydrogens is 392 g/mol. The number of halogens is 1. The first-order chi connectivity index (χ1) is 14.8. The number of aromatic nitrogens is 3. The van der Waals surface area contributed by atoms with E-state index in [-0.39, 0.29) is 5.28 Å². The van der Waals surface area contributed by atoms with Gasteiger partial charge in [-0.2, -0.15) is 15.0 Å². The van der Waals surface area contributed by atoms with Gasteiger partial charge in [0.25, 0.3) is 0 Å². The maximum atomic E-state index is 6.27. The largest absolute Gasteiger partial charge is 0.351 e. The van der Waals surface area contributed by atoms with Crippen molar-refractivity contribution in [2.75, 3.05) is 5.32 Å². The fourth-order valence-electron chi connectivity index (χ4n) is 3.65. The van der Waals surface area contributed by atoms with Crippen molar-refractivity contribution >= 4 is 23.1 Å². The molecule has 0 bridgehead atoms. The number of rotatable bonds is 3. The molecule has 2 aliphatic rings. The molecule has 30 heavy (non-hydrogen) atoms. The van der Waals surface area contributed by atoms with Crippen molar-refractivity contribution in [1.29, 1.82) is 0 Å². The third kappa shape index (κ3) is 8.11. The summed E-state index contributed by atoms with van der Waals surface area (Å²) in [5.74, 6) is 1.14. The summed E-state index contributed by atoms with van der Waals surface area (Å²) in [6.45, 7) is 0. The Morgan fingerprint density at radius 3 is 1.90 bits per heavy atom. The van der Waals surface area contributed by atoms with Crippen LogP contribution >= 0.6 is 11.6 Å². The van der Waals surface area contributed by atoms with Crippen molar-refractivity contribution in [3.63, 3.8) is 0 Å². The van der Waals surface area contributed by atoms with Crippen LogP contribution in [-0.4, -0.2) is 21.0 Å². The van der Waals surface area contributed by atoms with E-state index in [0.29, 0.717) is 17.8 Å². The van der Waals surface area contributed by atoms with Gasteiger partial charge in [-0.25, -0.2) is 0 Å². The van der Waals surface area contributed by atoms with Crippen LogP contribution in [0.1, 0.15) is 63.6 Å². The summed E-state index contributed by atoms with van der Waals surface area (Å²) in [7, 11) is 0. The highest BCUT2D eigenvalue weighted by atomic mass is 35.5. The number of hydrogen-bond acceptors (Lipinski definition) is 4. The minimum atomic E-state index is 0.213. The second kappa shape index (κ2) is 13.0. The molecule has 1 fully saturated rings. The van der Waals surface area contributed by atoms with Crippen LogP contribution in [0, 0.1) is 0 Å². The Morgan fingerprint density at radius 1 is 0.667 bits per heavy atom. The zero-order chi connectivity index (χ0) is 20.9. The molecule has 3 rings (SSSR count). The molecule has 1 aromatic rings. The van der Waals surface area contributed by atoms with E-state index in [1.165, 1.54) is 44.9 Å². The minimum Gasteiger partial charge on any atom is -0.351 e. The van der Waals surface area contributed by atoms with Gasteiger partial charge in [-0.3, -0.25) is 0 Å². The van der Waals surface area contributed by atoms with Gasteiger partial charge in [-0.05, 0) is 24.4 Å². The first-order valence-corrected chi connectivity index (χ1v) is 11.4. The van der Waals surface area contributed by atoms with Gasteiger partial charge in [0, 0.05) is 11.6 Å². The minimum absolute atomic E-state index is 0.213. The Morgan fingerprint density at radius 2 is 1.23 bits per heavy atom. The third-order valence-electron chi connectivity index (χ3n) is 5.25. The van der Waals surface area contributed by atoms with Gasteiger partial charge >= 0.3 is 0 Å². The molecule has 1 aromatic heterocycles. The number of nitrogens with zero attached hydrogens (tertiary/aromatic N) is 3. The van der Waals surface area contributed by atoms with Crippen molar-refractivity contribution in [3.05, 3.63) is 77.9 Å².